The average molecular weight is 292 g/mol. The number of hydrogen-bond acceptors (Lipinski definition) is 4. The van der Waals surface area contributed by atoms with Gasteiger partial charge in [-0.3, -0.25) is 0 Å². The predicted octanol–water partition coefficient (Wildman–Crippen LogP) is 1.32. The van der Waals surface area contributed by atoms with Gasteiger partial charge in [0.2, 0.25) is 0 Å². The highest BCUT2D eigenvalue weighted by molar-refractivity contribution is 4.97. The van der Waals surface area contributed by atoms with Gasteiger partial charge in [-0.15, -0.1) is 0 Å². The van der Waals surface area contributed by atoms with E-state index in [-0.39, 0.29) is 12.6 Å². The summed E-state index contributed by atoms with van der Waals surface area (Å²) < 4.78 is 42.1. The first kappa shape index (κ1) is 15.2. The maximum atomic E-state index is 11.9. The predicted molar refractivity (Wildman–Crippen MR) is 66.4 cm³/mol. The van der Waals surface area contributed by atoms with Crippen molar-refractivity contribution < 1.29 is 17.9 Å². The molecule has 0 saturated carbocycles. The third-order valence-corrected chi connectivity index (χ3v) is 3.16. The Kier molecular flexibility index (Phi) is 4.98. The maximum Gasteiger partial charge on any atom is 0.411 e. The summed E-state index contributed by atoms with van der Waals surface area (Å²) in [5.74, 6) is 1.84. The quantitative estimate of drug-likeness (QED) is 0.804. The third kappa shape index (κ3) is 4.45. The Balaban J connectivity index is 1.68. The Morgan fingerprint density at radius 3 is 2.95 bits per heavy atom. The van der Waals surface area contributed by atoms with Gasteiger partial charge >= 0.3 is 6.18 Å². The number of aryl methyl sites for hydroxylation is 2. The zero-order valence-corrected chi connectivity index (χ0v) is 11.4. The lowest BCUT2D eigenvalue weighted by Crippen LogP contribution is -2.39. The Bertz CT molecular complexity index is 433. The minimum atomic E-state index is -4.25. The SMILES string of the molecule is CCc1nc2n(n1)C[C@H](NCCOCC(F)(F)F)CC2. The molecule has 2 rings (SSSR count). The number of hydrogen-bond donors (Lipinski definition) is 1. The second-order valence-electron chi connectivity index (χ2n) is 4.84. The van der Waals surface area contributed by atoms with Crippen LogP contribution in [0.1, 0.15) is 25.0 Å². The fraction of sp³-hybridized carbons (Fsp3) is 0.833. The lowest BCUT2D eigenvalue weighted by Gasteiger charge is -2.23. The minimum absolute atomic E-state index is 0.0560. The van der Waals surface area contributed by atoms with Crippen LogP contribution in [0.4, 0.5) is 13.2 Å². The summed E-state index contributed by atoms with van der Waals surface area (Å²) in [6, 6.07) is 0.211. The Hall–Kier alpha value is -1.15. The summed E-state index contributed by atoms with van der Waals surface area (Å²) >= 11 is 0. The summed E-state index contributed by atoms with van der Waals surface area (Å²) in [4.78, 5) is 4.41. The zero-order chi connectivity index (χ0) is 14.6. The van der Waals surface area contributed by atoms with Gasteiger partial charge in [0.25, 0.3) is 0 Å². The number of halogens is 3. The average Bonchev–Trinajstić information content (AvgIpc) is 2.79. The zero-order valence-electron chi connectivity index (χ0n) is 11.4. The number of alkyl halides is 3. The number of nitrogens with one attached hydrogen (secondary N) is 1. The normalized spacial score (nSPS) is 19.1. The maximum absolute atomic E-state index is 11.9. The molecule has 0 amide bonds. The van der Waals surface area contributed by atoms with Crippen LogP contribution < -0.4 is 5.32 Å². The highest BCUT2D eigenvalue weighted by Gasteiger charge is 2.27. The molecule has 0 unspecified atom stereocenters. The van der Waals surface area contributed by atoms with Gasteiger partial charge in [-0.05, 0) is 6.42 Å². The molecule has 0 fully saturated rings. The molecule has 20 heavy (non-hydrogen) atoms. The van der Waals surface area contributed by atoms with Gasteiger partial charge in [-0.25, -0.2) is 9.67 Å². The van der Waals surface area contributed by atoms with E-state index < -0.39 is 12.8 Å². The van der Waals surface area contributed by atoms with Crippen LogP contribution in [0.25, 0.3) is 0 Å². The molecule has 0 spiro atoms. The van der Waals surface area contributed by atoms with Crippen molar-refractivity contribution in [2.24, 2.45) is 0 Å². The van der Waals surface area contributed by atoms with Crippen molar-refractivity contribution in [1.29, 1.82) is 0 Å². The third-order valence-electron chi connectivity index (χ3n) is 3.16. The van der Waals surface area contributed by atoms with Crippen molar-refractivity contribution in [3.8, 4) is 0 Å². The van der Waals surface area contributed by atoms with E-state index in [0.29, 0.717) is 13.1 Å². The lowest BCUT2D eigenvalue weighted by molar-refractivity contribution is -0.173. The van der Waals surface area contributed by atoms with Gasteiger partial charge in [-0.2, -0.15) is 18.3 Å². The first-order valence-electron chi connectivity index (χ1n) is 6.78. The molecule has 0 aliphatic carbocycles. The molecule has 0 radical (unpaired) electrons. The molecule has 1 aromatic heterocycles. The van der Waals surface area contributed by atoms with E-state index in [1.807, 2.05) is 11.6 Å². The Morgan fingerprint density at radius 1 is 1.45 bits per heavy atom. The van der Waals surface area contributed by atoms with Crippen molar-refractivity contribution in [2.75, 3.05) is 19.8 Å². The van der Waals surface area contributed by atoms with Crippen LogP contribution in [0.2, 0.25) is 0 Å². The number of nitrogens with zero attached hydrogens (tertiary/aromatic N) is 3. The molecule has 0 saturated heterocycles. The number of fused-ring (bicyclic) bond motifs is 1. The first-order valence-corrected chi connectivity index (χ1v) is 6.78. The molecule has 8 heteroatoms. The highest BCUT2D eigenvalue weighted by Crippen LogP contribution is 2.15. The summed E-state index contributed by atoms with van der Waals surface area (Å²) in [5, 5.41) is 7.58. The van der Waals surface area contributed by atoms with E-state index in [9.17, 15) is 13.2 Å². The second-order valence-corrected chi connectivity index (χ2v) is 4.84. The van der Waals surface area contributed by atoms with Crippen molar-refractivity contribution in [3.05, 3.63) is 11.6 Å². The van der Waals surface area contributed by atoms with Crippen LogP contribution in [0.5, 0.6) is 0 Å². The summed E-state index contributed by atoms with van der Waals surface area (Å²) in [7, 11) is 0. The van der Waals surface area contributed by atoms with Gasteiger partial charge in [0.1, 0.15) is 12.4 Å². The molecule has 1 atom stereocenters. The molecular formula is C12H19F3N4O. The van der Waals surface area contributed by atoms with E-state index >= 15 is 0 Å². The number of aromatic nitrogens is 3. The van der Waals surface area contributed by atoms with Crippen molar-refractivity contribution in [1.82, 2.24) is 20.1 Å². The topological polar surface area (TPSA) is 52.0 Å². The van der Waals surface area contributed by atoms with Crippen LogP contribution in [0.15, 0.2) is 0 Å². The van der Waals surface area contributed by atoms with Gasteiger partial charge in [0.05, 0.1) is 13.2 Å². The molecular weight excluding hydrogens is 273 g/mol. The molecule has 1 N–H and O–H groups in total. The fourth-order valence-electron chi connectivity index (χ4n) is 2.20. The van der Waals surface area contributed by atoms with Crippen LogP contribution in [-0.2, 0) is 24.1 Å². The van der Waals surface area contributed by atoms with Crippen LogP contribution in [-0.4, -0.2) is 46.7 Å². The molecule has 0 aromatic carbocycles. The van der Waals surface area contributed by atoms with Crippen LogP contribution in [0.3, 0.4) is 0 Å². The summed E-state index contributed by atoms with van der Waals surface area (Å²) in [5.41, 5.74) is 0. The monoisotopic (exact) mass is 292 g/mol. The Morgan fingerprint density at radius 2 is 2.25 bits per heavy atom. The Labute approximate surface area is 115 Å². The largest absolute Gasteiger partial charge is 0.411 e. The van der Waals surface area contributed by atoms with E-state index in [1.165, 1.54) is 0 Å². The van der Waals surface area contributed by atoms with Gasteiger partial charge in [0.15, 0.2) is 5.82 Å². The standard InChI is InChI=1S/C12H19F3N4O/c1-2-10-17-11-4-3-9(7-19(11)18-10)16-5-6-20-8-12(13,14)15/h9,16H,2-8H2,1H3/t9-/m1/s1. The first-order chi connectivity index (χ1) is 9.48. The van der Waals surface area contributed by atoms with E-state index in [0.717, 1.165) is 30.9 Å². The molecule has 1 aliphatic heterocycles. The van der Waals surface area contributed by atoms with Gasteiger partial charge < -0.3 is 10.1 Å². The molecule has 2 heterocycles. The highest BCUT2D eigenvalue weighted by atomic mass is 19.4. The minimum Gasteiger partial charge on any atom is -0.371 e. The summed E-state index contributed by atoms with van der Waals surface area (Å²) in [6.07, 6.45) is -1.68. The molecule has 5 nitrogen and oxygen atoms in total. The van der Waals surface area contributed by atoms with E-state index in [1.54, 1.807) is 0 Å². The molecule has 114 valence electrons. The van der Waals surface area contributed by atoms with E-state index in [2.05, 4.69) is 20.1 Å². The van der Waals surface area contributed by atoms with Gasteiger partial charge in [-0.1, -0.05) is 6.92 Å². The lowest BCUT2D eigenvalue weighted by atomic mass is 10.1. The van der Waals surface area contributed by atoms with E-state index in [4.69, 9.17) is 0 Å². The fourth-order valence-corrected chi connectivity index (χ4v) is 2.20. The molecule has 0 bridgehead atoms. The van der Waals surface area contributed by atoms with Crippen molar-refractivity contribution >= 4 is 0 Å². The smallest absolute Gasteiger partial charge is 0.371 e. The summed E-state index contributed by atoms with van der Waals surface area (Å²) in [6.45, 7) is 1.99. The number of ether oxygens (including phenoxy) is 1. The second kappa shape index (κ2) is 6.53. The van der Waals surface area contributed by atoms with Crippen molar-refractivity contribution in [3.63, 3.8) is 0 Å². The molecule has 1 aromatic rings. The van der Waals surface area contributed by atoms with Gasteiger partial charge in [0, 0.05) is 25.4 Å². The van der Waals surface area contributed by atoms with Crippen LogP contribution in [0, 0.1) is 0 Å². The van der Waals surface area contributed by atoms with Crippen LogP contribution >= 0.6 is 0 Å². The molecule has 1 aliphatic rings. The number of rotatable bonds is 6. The van der Waals surface area contributed by atoms with Crippen molar-refractivity contribution in [2.45, 2.75) is 44.9 Å².